The van der Waals surface area contributed by atoms with Crippen molar-refractivity contribution in [2.75, 3.05) is 6.54 Å². The highest BCUT2D eigenvalue weighted by Gasteiger charge is 2.14. The van der Waals surface area contributed by atoms with Crippen molar-refractivity contribution in [1.82, 2.24) is 4.90 Å². The highest BCUT2D eigenvalue weighted by molar-refractivity contribution is 5.88. The molecule has 1 aliphatic heterocycles. The Morgan fingerprint density at radius 2 is 2.14 bits per heavy atom. The van der Waals surface area contributed by atoms with E-state index >= 15 is 0 Å². The molecule has 14 heavy (non-hydrogen) atoms. The van der Waals surface area contributed by atoms with E-state index in [-0.39, 0.29) is 11.7 Å². The Hall–Kier alpha value is -1.38. The van der Waals surface area contributed by atoms with Gasteiger partial charge in [-0.25, -0.2) is 0 Å². The Morgan fingerprint density at radius 3 is 2.71 bits per heavy atom. The fourth-order valence-electron chi connectivity index (χ4n) is 1.44. The third-order valence-corrected chi connectivity index (χ3v) is 2.12. The summed E-state index contributed by atoms with van der Waals surface area (Å²) in [6, 6.07) is 0. The summed E-state index contributed by atoms with van der Waals surface area (Å²) < 4.78 is 0. The topological polar surface area (TPSA) is 37.4 Å². The Balaban J connectivity index is 2.77. The van der Waals surface area contributed by atoms with E-state index in [0.717, 1.165) is 25.1 Å². The summed E-state index contributed by atoms with van der Waals surface area (Å²) in [5, 5.41) is 0. The number of rotatable bonds is 2. The fraction of sp³-hybridized carbons (Fsp3) is 0.455. The predicted octanol–water partition coefficient (Wildman–Crippen LogP) is 1.66. The number of carbonyl (C=O) groups is 2. The number of ketones is 1. The van der Waals surface area contributed by atoms with Crippen LogP contribution in [-0.4, -0.2) is 23.1 Å². The zero-order chi connectivity index (χ0) is 10.6. The summed E-state index contributed by atoms with van der Waals surface area (Å²) in [6.07, 6.45) is 7.17. The molecule has 0 bridgehead atoms. The first-order chi connectivity index (χ1) is 6.61. The zero-order valence-electron chi connectivity index (χ0n) is 8.62. The molecule has 76 valence electrons. The minimum absolute atomic E-state index is 0.0000227. The van der Waals surface area contributed by atoms with E-state index in [1.807, 2.05) is 6.08 Å². The number of hydrogen-bond acceptors (Lipinski definition) is 2. The molecule has 0 spiro atoms. The number of allylic oxidation sites excluding steroid dienone is 3. The molecule has 3 heteroatoms. The van der Waals surface area contributed by atoms with Crippen LogP contribution in [-0.2, 0) is 9.59 Å². The number of amides is 1. The van der Waals surface area contributed by atoms with Gasteiger partial charge in [-0.2, -0.15) is 0 Å². The second kappa shape index (κ2) is 4.74. The van der Waals surface area contributed by atoms with E-state index in [0.29, 0.717) is 0 Å². The van der Waals surface area contributed by atoms with Crippen LogP contribution in [0.15, 0.2) is 23.9 Å². The van der Waals surface area contributed by atoms with Crippen molar-refractivity contribution in [1.29, 1.82) is 0 Å². The van der Waals surface area contributed by atoms with Gasteiger partial charge in [0.15, 0.2) is 5.78 Å². The molecule has 1 heterocycles. The van der Waals surface area contributed by atoms with Gasteiger partial charge in [0, 0.05) is 19.2 Å². The van der Waals surface area contributed by atoms with Crippen molar-refractivity contribution in [3.63, 3.8) is 0 Å². The summed E-state index contributed by atoms with van der Waals surface area (Å²) in [4.78, 5) is 23.7. The summed E-state index contributed by atoms with van der Waals surface area (Å²) in [5.41, 5.74) is 0.846. The smallest absolute Gasteiger partial charge is 0.223 e. The second-order valence-corrected chi connectivity index (χ2v) is 3.39. The third kappa shape index (κ3) is 2.83. The van der Waals surface area contributed by atoms with E-state index in [4.69, 9.17) is 0 Å². The maximum atomic E-state index is 11.2. The Bertz CT molecular complexity index is 300. The van der Waals surface area contributed by atoms with Crippen LogP contribution in [0.5, 0.6) is 0 Å². The highest BCUT2D eigenvalue weighted by atomic mass is 16.2. The molecule has 0 saturated heterocycles. The van der Waals surface area contributed by atoms with Crippen LogP contribution < -0.4 is 0 Å². The van der Waals surface area contributed by atoms with E-state index < -0.39 is 0 Å². The van der Waals surface area contributed by atoms with Crippen LogP contribution in [0.4, 0.5) is 0 Å². The van der Waals surface area contributed by atoms with Crippen LogP contribution in [0.3, 0.4) is 0 Å². The minimum atomic E-state index is -0.0000227. The quantitative estimate of drug-likeness (QED) is 0.625. The molecule has 0 radical (unpaired) electrons. The van der Waals surface area contributed by atoms with Gasteiger partial charge in [0.25, 0.3) is 0 Å². The molecule has 1 rings (SSSR count). The Kier molecular flexibility index (Phi) is 3.63. The molecule has 0 aromatic rings. The van der Waals surface area contributed by atoms with Crippen LogP contribution in [0, 0.1) is 0 Å². The molecule has 0 unspecified atom stereocenters. The average Bonchev–Trinajstić information content (AvgIpc) is 2.15. The lowest BCUT2D eigenvalue weighted by Crippen LogP contribution is -2.30. The standard InChI is InChI=1S/C11H15NO2/c1-9(13)6-7-11-5-3-4-8-12(11)10(2)14/h5-7H,3-4,8H2,1-2H3/b7-6+. The van der Waals surface area contributed by atoms with Gasteiger partial charge in [-0.15, -0.1) is 0 Å². The minimum Gasteiger partial charge on any atom is -0.313 e. The monoisotopic (exact) mass is 193 g/mol. The lowest BCUT2D eigenvalue weighted by atomic mass is 10.1. The first-order valence-electron chi connectivity index (χ1n) is 4.78. The molecular weight excluding hydrogens is 178 g/mol. The molecule has 0 saturated carbocycles. The third-order valence-electron chi connectivity index (χ3n) is 2.12. The van der Waals surface area contributed by atoms with Gasteiger partial charge in [0.05, 0.1) is 0 Å². The van der Waals surface area contributed by atoms with E-state index in [2.05, 4.69) is 0 Å². The van der Waals surface area contributed by atoms with E-state index in [9.17, 15) is 9.59 Å². The largest absolute Gasteiger partial charge is 0.313 e. The lowest BCUT2D eigenvalue weighted by Gasteiger charge is -2.25. The Morgan fingerprint density at radius 1 is 1.43 bits per heavy atom. The van der Waals surface area contributed by atoms with E-state index in [1.54, 1.807) is 17.9 Å². The van der Waals surface area contributed by atoms with Crippen molar-refractivity contribution in [2.45, 2.75) is 26.7 Å². The predicted molar refractivity (Wildman–Crippen MR) is 54.5 cm³/mol. The van der Waals surface area contributed by atoms with Crippen molar-refractivity contribution in [2.24, 2.45) is 0 Å². The van der Waals surface area contributed by atoms with Gasteiger partial charge in [-0.05, 0) is 31.9 Å². The van der Waals surface area contributed by atoms with Crippen molar-refractivity contribution in [3.8, 4) is 0 Å². The first kappa shape index (κ1) is 10.7. The van der Waals surface area contributed by atoms with Gasteiger partial charge in [0.2, 0.25) is 5.91 Å². The highest BCUT2D eigenvalue weighted by Crippen LogP contribution is 2.15. The molecule has 3 nitrogen and oxygen atoms in total. The molecular formula is C11H15NO2. The average molecular weight is 193 g/mol. The summed E-state index contributed by atoms with van der Waals surface area (Å²) in [6.45, 7) is 3.79. The summed E-state index contributed by atoms with van der Waals surface area (Å²) in [5.74, 6) is 0.0316. The van der Waals surface area contributed by atoms with Crippen LogP contribution in [0.25, 0.3) is 0 Å². The first-order valence-corrected chi connectivity index (χ1v) is 4.78. The molecule has 1 aliphatic rings. The fourth-order valence-corrected chi connectivity index (χ4v) is 1.44. The van der Waals surface area contributed by atoms with Crippen LogP contribution >= 0.6 is 0 Å². The van der Waals surface area contributed by atoms with Crippen molar-refractivity contribution >= 4 is 11.7 Å². The SMILES string of the molecule is CC(=O)/C=C/C1=CCCCN1C(C)=O. The van der Waals surface area contributed by atoms with Gasteiger partial charge in [-0.1, -0.05) is 6.08 Å². The molecule has 0 atom stereocenters. The maximum Gasteiger partial charge on any atom is 0.223 e. The normalized spacial score (nSPS) is 17.0. The molecule has 0 fully saturated rings. The number of hydrogen-bond donors (Lipinski definition) is 0. The van der Waals surface area contributed by atoms with E-state index in [1.165, 1.54) is 13.0 Å². The van der Waals surface area contributed by atoms with Gasteiger partial charge in [0.1, 0.15) is 0 Å². The van der Waals surface area contributed by atoms with Gasteiger partial charge < -0.3 is 4.90 Å². The van der Waals surface area contributed by atoms with Crippen molar-refractivity contribution in [3.05, 3.63) is 23.9 Å². The molecule has 0 N–H and O–H groups in total. The van der Waals surface area contributed by atoms with Gasteiger partial charge >= 0.3 is 0 Å². The molecule has 0 aliphatic carbocycles. The molecule has 0 aromatic heterocycles. The van der Waals surface area contributed by atoms with Gasteiger partial charge in [-0.3, -0.25) is 9.59 Å². The van der Waals surface area contributed by atoms with Crippen molar-refractivity contribution < 1.29 is 9.59 Å². The Labute approximate surface area is 84.1 Å². The molecule has 0 aromatic carbocycles. The van der Waals surface area contributed by atoms with Crippen LogP contribution in [0.1, 0.15) is 26.7 Å². The lowest BCUT2D eigenvalue weighted by molar-refractivity contribution is -0.127. The summed E-state index contributed by atoms with van der Waals surface area (Å²) >= 11 is 0. The zero-order valence-corrected chi connectivity index (χ0v) is 8.62. The number of nitrogens with zero attached hydrogens (tertiary/aromatic N) is 1. The summed E-state index contributed by atoms with van der Waals surface area (Å²) in [7, 11) is 0. The second-order valence-electron chi connectivity index (χ2n) is 3.39. The van der Waals surface area contributed by atoms with Crippen LogP contribution in [0.2, 0.25) is 0 Å². The number of carbonyl (C=O) groups excluding carboxylic acids is 2. The maximum absolute atomic E-state index is 11.2. The molecule has 1 amide bonds.